The largest absolute Gasteiger partial charge is 0.482 e. The van der Waals surface area contributed by atoms with Gasteiger partial charge in [0, 0.05) is 20.1 Å². The number of anilines is 1. The monoisotopic (exact) mass is 319 g/mol. The van der Waals surface area contributed by atoms with Crippen molar-refractivity contribution in [3.63, 3.8) is 0 Å². The molecular formula is C17H25N3O3. The van der Waals surface area contributed by atoms with Crippen molar-refractivity contribution in [2.24, 2.45) is 5.41 Å². The van der Waals surface area contributed by atoms with Crippen molar-refractivity contribution >= 4 is 17.6 Å². The van der Waals surface area contributed by atoms with Gasteiger partial charge in [0.15, 0.2) is 6.61 Å². The van der Waals surface area contributed by atoms with E-state index in [-0.39, 0.29) is 24.0 Å². The minimum absolute atomic E-state index is 0.0608. The average Bonchev–Trinajstić information content (AvgIpc) is 2.49. The van der Waals surface area contributed by atoms with Crippen molar-refractivity contribution < 1.29 is 14.3 Å². The minimum atomic E-state index is -0.159. The number of ether oxygens (including phenoxy) is 1. The Bertz CT molecular complexity index is 593. The van der Waals surface area contributed by atoms with Crippen molar-refractivity contribution in [1.29, 1.82) is 0 Å². The summed E-state index contributed by atoms with van der Waals surface area (Å²) in [6.07, 6.45) is 0.693. The summed E-state index contributed by atoms with van der Waals surface area (Å²) in [6, 6.07) is 5.60. The van der Waals surface area contributed by atoms with E-state index in [1.807, 2.05) is 18.2 Å². The van der Waals surface area contributed by atoms with Crippen LogP contribution in [0.5, 0.6) is 5.75 Å². The van der Waals surface area contributed by atoms with Gasteiger partial charge in [-0.25, -0.2) is 4.79 Å². The van der Waals surface area contributed by atoms with Crippen molar-refractivity contribution in [3.05, 3.63) is 23.8 Å². The predicted octanol–water partition coefficient (Wildman–Crippen LogP) is 1.93. The lowest BCUT2D eigenvalue weighted by Crippen LogP contribution is -2.40. The highest BCUT2D eigenvalue weighted by atomic mass is 16.5. The van der Waals surface area contributed by atoms with Gasteiger partial charge in [-0.2, -0.15) is 0 Å². The molecule has 0 bridgehead atoms. The van der Waals surface area contributed by atoms with E-state index in [0.29, 0.717) is 25.3 Å². The summed E-state index contributed by atoms with van der Waals surface area (Å²) in [6.45, 7) is 7.45. The summed E-state index contributed by atoms with van der Waals surface area (Å²) in [5, 5.41) is 5.69. The maximum atomic E-state index is 11.7. The van der Waals surface area contributed by atoms with Gasteiger partial charge >= 0.3 is 6.03 Å². The van der Waals surface area contributed by atoms with Crippen LogP contribution in [0.1, 0.15) is 26.3 Å². The van der Waals surface area contributed by atoms with Gasteiger partial charge in [-0.3, -0.25) is 4.79 Å². The molecule has 0 aliphatic carbocycles. The molecule has 2 N–H and O–H groups in total. The number of nitrogens with zero attached hydrogens (tertiary/aromatic N) is 1. The summed E-state index contributed by atoms with van der Waals surface area (Å²) >= 11 is 0. The number of nitrogens with one attached hydrogen (secondary N) is 2. The van der Waals surface area contributed by atoms with Gasteiger partial charge < -0.3 is 20.3 Å². The second-order valence-corrected chi connectivity index (χ2v) is 6.96. The van der Waals surface area contributed by atoms with Crippen LogP contribution in [0, 0.1) is 5.41 Å². The van der Waals surface area contributed by atoms with Gasteiger partial charge in [0.1, 0.15) is 5.75 Å². The molecule has 6 heteroatoms. The Morgan fingerprint density at radius 1 is 1.30 bits per heavy atom. The van der Waals surface area contributed by atoms with Crippen LogP contribution in [0.3, 0.4) is 0 Å². The molecule has 0 spiro atoms. The zero-order valence-electron chi connectivity index (χ0n) is 14.2. The van der Waals surface area contributed by atoms with Gasteiger partial charge in [0.25, 0.3) is 5.91 Å². The number of carbonyl (C=O) groups excluding carboxylic acids is 2. The molecule has 1 heterocycles. The van der Waals surface area contributed by atoms with E-state index in [9.17, 15) is 9.59 Å². The summed E-state index contributed by atoms with van der Waals surface area (Å²) in [4.78, 5) is 25.0. The van der Waals surface area contributed by atoms with E-state index in [2.05, 4.69) is 31.4 Å². The quantitative estimate of drug-likeness (QED) is 0.891. The van der Waals surface area contributed by atoms with Gasteiger partial charge in [0.05, 0.1) is 5.69 Å². The highest BCUT2D eigenvalue weighted by Crippen LogP contribution is 2.31. The lowest BCUT2D eigenvalue weighted by molar-refractivity contribution is -0.120. The molecule has 126 valence electrons. The first kappa shape index (κ1) is 17.1. The zero-order valence-corrected chi connectivity index (χ0v) is 14.2. The smallest absolute Gasteiger partial charge is 0.314 e. The Hall–Kier alpha value is -2.24. The van der Waals surface area contributed by atoms with Crippen LogP contribution in [-0.4, -0.2) is 38.7 Å². The molecule has 0 aromatic heterocycles. The second kappa shape index (κ2) is 6.89. The van der Waals surface area contributed by atoms with E-state index in [4.69, 9.17) is 4.74 Å². The van der Waals surface area contributed by atoms with Crippen LogP contribution >= 0.6 is 0 Å². The van der Waals surface area contributed by atoms with Crippen molar-refractivity contribution in [3.8, 4) is 5.75 Å². The fraction of sp³-hybridized carbons (Fsp3) is 0.529. The van der Waals surface area contributed by atoms with Gasteiger partial charge in [0.2, 0.25) is 0 Å². The number of urea groups is 1. The summed E-state index contributed by atoms with van der Waals surface area (Å²) in [5.41, 5.74) is 1.88. The lowest BCUT2D eigenvalue weighted by atomic mass is 9.97. The van der Waals surface area contributed by atoms with E-state index in [0.717, 1.165) is 11.3 Å². The highest BCUT2D eigenvalue weighted by molar-refractivity contribution is 5.97. The molecule has 1 aliphatic rings. The van der Waals surface area contributed by atoms with Crippen LogP contribution in [0.15, 0.2) is 18.2 Å². The Labute approximate surface area is 137 Å². The first-order valence-corrected chi connectivity index (χ1v) is 7.80. The number of amides is 3. The molecule has 0 saturated carbocycles. The summed E-state index contributed by atoms with van der Waals surface area (Å²) < 4.78 is 5.40. The molecule has 2 rings (SSSR count). The molecule has 6 nitrogen and oxygen atoms in total. The van der Waals surface area contributed by atoms with E-state index < -0.39 is 0 Å². The number of likely N-dealkylation sites (N-methyl/N-ethyl adjacent to an activating group) is 1. The standard InChI is InChI=1S/C17H25N3O3/c1-17(2,3)11-19-16(22)18-8-7-12-5-6-14-13(9-12)20(4)15(21)10-23-14/h5-6,9H,7-8,10-11H2,1-4H3,(H2,18,19,22). The van der Waals surface area contributed by atoms with E-state index >= 15 is 0 Å². The molecule has 0 radical (unpaired) electrons. The average molecular weight is 319 g/mol. The second-order valence-electron chi connectivity index (χ2n) is 6.96. The molecule has 0 fully saturated rings. The fourth-order valence-corrected chi connectivity index (χ4v) is 2.20. The SMILES string of the molecule is CN1C(=O)COc2ccc(CCNC(=O)NCC(C)(C)C)cc21. The van der Waals surface area contributed by atoms with E-state index in [1.54, 1.807) is 11.9 Å². The normalized spacial score (nSPS) is 14.1. The third-order valence-electron chi connectivity index (χ3n) is 3.59. The number of carbonyl (C=O) groups is 2. The number of fused-ring (bicyclic) bond motifs is 1. The Morgan fingerprint density at radius 2 is 2.04 bits per heavy atom. The molecule has 1 aromatic carbocycles. The molecule has 23 heavy (non-hydrogen) atoms. The minimum Gasteiger partial charge on any atom is -0.482 e. The Balaban J connectivity index is 1.85. The fourth-order valence-electron chi connectivity index (χ4n) is 2.20. The third-order valence-corrected chi connectivity index (χ3v) is 3.59. The van der Waals surface area contributed by atoms with E-state index in [1.165, 1.54) is 0 Å². The highest BCUT2D eigenvalue weighted by Gasteiger charge is 2.22. The number of hydrogen-bond donors (Lipinski definition) is 2. The number of rotatable bonds is 4. The predicted molar refractivity (Wildman–Crippen MR) is 89.9 cm³/mol. The first-order valence-electron chi connectivity index (χ1n) is 7.80. The van der Waals surface area contributed by atoms with Crippen LogP contribution in [0.25, 0.3) is 0 Å². The molecule has 1 aromatic rings. The Kier molecular flexibility index (Phi) is 5.13. The summed E-state index contributed by atoms with van der Waals surface area (Å²) in [5.74, 6) is 0.654. The number of hydrogen-bond acceptors (Lipinski definition) is 3. The zero-order chi connectivity index (χ0) is 17.0. The maximum Gasteiger partial charge on any atom is 0.314 e. The molecule has 0 unspecified atom stereocenters. The maximum absolute atomic E-state index is 11.7. The molecular weight excluding hydrogens is 294 g/mol. The van der Waals surface area contributed by atoms with Gasteiger partial charge in [-0.15, -0.1) is 0 Å². The molecule has 0 saturated heterocycles. The lowest BCUT2D eigenvalue weighted by Gasteiger charge is -2.26. The Morgan fingerprint density at radius 3 is 2.74 bits per heavy atom. The van der Waals surface area contributed by atoms with Crippen molar-refractivity contribution in [1.82, 2.24) is 10.6 Å². The third kappa shape index (κ3) is 4.87. The van der Waals surface area contributed by atoms with Crippen LogP contribution < -0.4 is 20.3 Å². The molecule has 0 atom stereocenters. The van der Waals surface area contributed by atoms with Crippen LogP contribution in [0.4, 0.5) is 10.5 Å². The number of benzene rings is 1. The topological polar surface area (TPSA) is 70.7 Å². The van der Waals surface area contributed by atoms with Crippen LogP contribution in [0.2, 0.25) is 0 Å². The molecule has 1 aliphatic heterocycles. The first-order chi connectivity index (χ1) is 10.8. The van der Waals surface area contributed by atoms with Crippen molar-refractivity contribution in [2.75, 3.05) is 31.6 Å². The van der Waals surface area contributed by atoms with Gasteiger partial charge in [-0.05, 0) is 29.5 Å². The molecule has 3 amide bonds. The van der Waals surface area contributed by atoms with Crippen molar-refractivity contribution in [2.45, 2.75) is 27.2 Å². The van der Waals surface area contributed by atoms with Crippen LogP contribution in [-0.2, 0) is 11.2 Å². The summed E-state index contributed by atoms with van der Waals surface area (Å²) in [7, 11) is 1.74. The van der Waals surface area contributed by atoms with Gasteiger partial charge in [-0.1, -0.05) is 26.8 Å².